The molecule has 1 aromatic carbocycles. The zero-order valence-corrected chi connectivity index (χ0v) is 21.7. The number of Topliss-reactive ketones (excluding diaryl/α,β-unsaturated/α-hetero) is 1. The van der Waals surface area contributed by atoms with Crippen LogP contribution in [0.4, 0.5) is 8.78 Å². The second-order valence-corrected chi connectivity index (χ2v) is 9.58. The van der Waals surface area contributed by atoms with E-state index in [1.54, 1.807) is 18.6 Å². The van der Waals surface area contributed by atoms with Crippen molar-refractivity contribution in [1.29, 1.82) is 0 Å². The maximum atomic E-state index is 15.2. The lowest BCUT2D eigenvalue weighted by Gasteiger charge is -2.19. The van der Waals surface area contributed by atoms with Gasteiger partial charge in [0.2, 0.25) is 11.7 Å². The first kappa shape index (κ1) is 26.3. The van der Waals surface area contributed by atoms with Crippen LogP contribution in [-0.4, -0.2) is 53.4 Å². The van der Waals surface area contributed by atoms with Crippen LogP contribution >= 0.6 is 0 Å². The summed E-state index contributed by atoms with van der Waals surface area (Å²) < 4.78 is 34.7. The number of ketones is 1. The topological polar surface area (TPSA) is 80.0 Å². The Morgan fingerprint density at radius 1 is 1.30 bits per heavy atom. The van der Waals surface area contributed by atoms with Crippen LogP contribution in [0.15, 0.2) is 70.7 Å². The van der Waals surface area contributed by atoms with Crippen LogP contribution < -0.4 is 4.74 Å². The van der Waals surface area contributed by atoms with Crippen molar-refractivity contribution < 1.29 is 18.3 Å². The van der Waals surface area contributed by atoms with E-state index in [0.29, 0.717) is 18.2 Å². The van der Waals surface area contributed by atoms with Crippen LogP contribution in [0.5, 0.6) is 5.75 Å². The van der Waals surface area contributed by atoms with E-state index in [4.69, 9.17) is 4.74 Å². The number of halogens is 2. The summed E-state index contributed by atoms with van der Waals surface area (Å²) in [6.45, 7) is 6.27. The average Bonchev–Trinajstić information content (AvgIpc) is 3.43. The number of carbonyl (C=O) groups is 1. The molecule has 4 atom stereocenters. The van der Waals surface area contributed by atoms with E-state index in [1.165, 1.54) is 26.2 Å². The quantitative estimate of drug-likeness (QED) is 0.265. The maximum absolute atomic E-state index is 15.2. The molecule has 0 amide bonds. The summed E-state index contributed by atoms with van der Waals surface area (Å²) in [5.74, 6) is -1.19. The van der Waals surface area contributed by atoms with Gasteiger partial charge in [-0.15, -0.1) is 0 Å². The minimum Gasteiger partial charge on any atom is -0.491 e. The molecule has 2 heterocycles. The van der Waals surface area contributed by atoms with E-state index < -0.39 is 23.0 Å². The van der Waals surface area contributed by atoms with Crippen LogP contribution in [0.3, 0.4) is 0 Å². The van der Waals surface area contributed by atoms with Crippen LogP contribution in [0.25, 0.3) is 11.4 Å². The van der Waals surface area contributed by atoms with Crippen molar-refractivity contribution in [2.24, 2.45) is 33.3 Å². The Bertz CT molecular complexity index is 1290. The highest BCUT2D eigenvalue weighted by Gasteiger charge is 2.60. The van der Waals surface area contributed by atoms with Gasteiger partial charge in [-0.1, -0.05) is 32.0 Å². The normalized spacial score (nSPS) is 25.6. The number of hydrogen-bond donors (Lipinski definition) is 0. The predicted molar refractivity (Wildman–Crippen MR) is 140 cm³/mol. The van der Waals surface area contributed by atoms with Crippen molar-refractivity contribution in [3.63, 3.8) is 0 Å². The highest BCUT2D eigenvalue weighted by molar-refractivity contribution is 6.45. The van der Waals surface area contributed by atoms with E-state index >= 15 is 4.39 Å². The van der Waals surface area contributed by atoms with Gasteiger partial charge in [-0.25, -0.2) is 19.4 Å². The van der Waals surface area contributed by atoms with Crippen LogP contribution in [0, 0.1) is 23.2 Å². The van der Waals surface area contributed by atoms with E-state index in [0.717, 1.165) is 16.1 Å². The van der Waals surface area contributed by atoms with Gasteiger partial charge in [-0.3, -0.25) is 9.79 Å². The molecule has 1 aliphatic carbocycles. The lowest BCUT2D eigenvalue weighted by molar-refractivity contribution is -0.111. The van der Waals surface area contributed by atoms with Gasteiger partial charge in [0, 0.05) is 38.2 Å². The van der Waals surface area contributed by atoms with Gasteiger partial charge in [0.25, 0.3) is 0 Å². The Balaban J connectivity index is 1.47. The largest absolute Gasteiger partial charge is 0.491 e. The molecule has 0 bridgehead atoms. The van der Waals surface area contributed by atoms with Gasteiger partial charge in [0.1, 0.15) is 0 Å². The molecular weight excluding hydrogens is 476 g/mol. The lowest BCUT2D eigenvalue weighted by atomic mass is 9.94. The lowest BCUT2D eigenvalue weighted by Crippen LogP contribution is -2.20. The van der Waals surface area contributed by atoms with Crippen molar-refractivity contribution in [1.82, 2.24) is 15.0 Å². The third kappa shape index (κ3) is 5.50. The Morgan fingerprint density at radius 3 is 2.68 bits per heavy atom. The molecule has 37 heavy (non-hydrogen) atoms. The zero-order valence-electron chi connectivity index (χ0n) is 21.7. The highest BCUT2D eigenvalue weighted by atomic mass is 19.1. The van der Waals surface area contributed by atoms with Gasteiger partial charge >= 0.3 is 0 Å². The molecule has 1 saturated carbocycles. The summed E-state index contributed by atoms with van der Waals surface area (Å²) in [5.41, 5.74) is 1.07. The molecule has 0 radical (unpaired) electrons. The van der Waals surface area contributed by atoms with Crippen molar-refractivity contribution in [2.45, 2.75) is 27.2 Å². The molecule has 4 rings (SSSR count). The first-order valence-corrected chi connectivity index (χ1v) is 12.3. The fraction of sp³-hybridized carbons (Fsp3) is 0.393. The first-order valence-electron chi connectivity index (χ1n) is 12.3. The molecule has 2 aliphatic rings. The summed E-state index contributed by atoms with van der Waals surface area (Å²) in [4.78, 5) is 25.8. The number of benzene rings is 1. The predicted octanol–water partition coefficient (Wildman–Crippen LogP) is 5.21. The van der Waals surface area contributed by atoms with E-state index in [2.05, 4.69) is 20.1 Å². The fourth-order valence-electron chi connectivity index (χ4n) is 4.97. The molecule has 1 fully saturated rings. The second-order valence-electron chi connectivity index (χ2n) is 9.58. The van der Waals surface area contributed by atoms with Crippen molar-refractivity contribution in [2.75, 3.05) is 20.7 Å². The van der Waals surface area contributed by atoms with E-state index in [9.17, 15) is 9.18 Å². The number of aromatic nitrogens is 2. The SMILES string of the molecule is CCOc1cnc(-c2cccc(CC(=NC)C(=O)C(F)=CC3(C)C(C)C3C3C=NN(C)C(F)=C3)c2)nc1. The molecule has 0 saturated heterocycles. The van der Waals surface area contributed by atoms with Crippen molar-refractivity contribution in [3.8, 4) is 17.1 Å². The molecular formula is C28H31F2N5O2. The summed E-state index contributed by atoms with van der Waals surface area (Å²) in [5, 5.41) is 5.20. The number of allylic oxidation sites excluding steroid dienone is 3. The summed E-state index contributed by atoms with van der Waals surface area (Å²) in [6, 6.07) is 7.40. The number of nitrogens with zero attached hydrogens (tertiary/aromatic N) is 5. The highest BCUT2D eigenvalue weighted by Crippen LogP contribution is 2.63. The number of hydrogen-bond acceptors (Lipinski definition) is 7. The average molecular weight is 508 g/mol. The molecule has 9 heteroatoms. The van der Waals surface area contributed by atoms with E-state index in [1.807, 2.05) is 45.0 Å². The number of ether oxygens (including phenoxy) is 1. The minimum atomic E-state index is -0.849. The second kappa shape index (κ2) is 10.7. The zero-order chi connectivity index (χ0) is 26.7. The van der Waals surface area contributed by atoms with Gasteiger partial charge in [0.15, 0.2) is 17.4 Å². The number of aliphatic imine (C=N–C) groups is 1. The third-order valence-corrected chi connectivity index (χ3v) is 7.28. The van der Waals surface area contributed by atoms with Crippen LogP contribution in [0.2, 0.25) is 0 Å². The number of carbonyl (C=O) groups excluding carboxylic acids is 1. The Labute approximate surface area is 215 Å². The molecule has 1 aromatic heterocycles. The Morgan fingerprint density at radius 2 is 2.03 bits per heavy atom. The van der Waals surface area contributed by atoms with Crippen molar-refractivity contribution in [3.05, 3.63) is 66.2 Å². The van der Waals surface area contributed by atoms with Gasteiger partial charge in [-0.05, 0) is 48.0 Å². The van der Waals surface area contributed by atoms with Crippen molar-refractivity contribution >= 4 is 17.7 Å². The smallest absolute Gasteiger partial charge is 0.235 e. The standard InChI is InChI=1S/C28H31F2N5O2/c1-6-37-21-15-32-27(33-16-21)19-9-7-8-18(10-19)11-23(31-4)26(36)22(29)13-28(3)17(2)25(28)20-12-24(30)35(5)34-14-20/h7-10,12-17,20,25H,6,11H2,1-5H3. The first-order chi connectivity index (χ1) is 17.7. The van der Waals surface area contributed by atoms with Gasteiger partial charge in [-0.2, -0.15) is 9.49 Å². The van der Waals surface area contributed by atoms with Crippen LogP contribution in [0.1, 0.15) is 26.3 Å². The molecule has 0 N–H and O–H groups in total. The monoisotopic (exact) mass is 507 g/mol. The van der Waals surface area contributed by atoms with Gasteiger partial charge < -0.3 is 4.74 Å². The summed E-state index contributed by atoms with van der Waals surface area (Å²) in [6.07, 6.45) is 7.91. The number of rotatable bonds is 9. The van der Waals surface area contributed by atoms with E-state index in [-0.39, 0.29) is 29.9 Å². The number of hydrazone groups is 1. The Kier molecular flexibility index (Phi) is 7.61. The molecule has 2 aromatic rings. The summed E-state index contributed by atoms with van der Waals surface area (Å²) in [7, 11) is 3.01. The molecule has 4 unspecified atom stereocenters. The van der Waals surface area contributed by atoms with Gasteiger partial charge in [0.05, 0.1) is 24.7 Å². The minimum absolute atomic E-state index is 0.0536. The molecule has 194 valence electrons. The maximum Gasteiger partial charge on any atom is 0.235 e. The molecule has 1 aliphatic heterocycles. The fourth-order valence-corrected chi connectivity index (χ4v) is 4.97. The third-order valence-electron chi connectivity index (χ3n) is 7.28. The van der Waals surface area contributed by atoms with Crippen LogP contribution in [-0.2, 0) is 11.2 Å². The Hall–Kier alpha value is -3.75. The molecule has 7 nitrogen and oxygen atoms in total. The molecule has 0 spiro atoms. The summed E-state index contributed by atoms with van der Waals surface area (Å²) >= 11 is 0.